The summed E-state index contributed by atoms with van der Waals surface area (Å²) in [4.78, 5) is 15.0. The third-order valence-corrected chi connectivity index (χ3v) is 11.5. The minimum absolute atomic E-state index is 0.171. The summed E-state index contributed by atoms with van der Waals surface area (Å²) in [6.07, 6.45) is 6.79. The van der Waals surface area contributed by atoms with Gasteiger partial charge < -0.3 is 4.74 Å². The average molecular weight is 744 g/mol. The van der Waals surface area contributed by atoms with Gasteiger partial charge in [0.2, 0.25) is 0 Å². The smallest absolute Gasteiger partial charge is 0.164 e. The summed E-state index contributed by atoms with van der Waals surface area (Å²) in [7, 11) is 0. The molecule has 9 aromatic rings. The maximum absolute atomic E-state index is 6.44. The largest absolute Gasteiger partial charge is 0.489 e. The van der Waals surface area contributed by atoms with Gasteiger partial charge in [0, 0.05) is 29.0 Å². The molecule has 0 amide bonds. The lowest BCUT2D eigenvalue weighted by atomic mass is 9.87. The van der Waals surface area contributed by atoms with Crippen molar-refractivity contribution in [2.24, 2.45) is 0 Å². The molecule has 58 heavy (non-hydrogen) atoms. The van der Waals surface area contributed by atoms with Crippen molar-refractivity contribution < 1.29 is 4.74 Å². The molecule has 8 aromatic carbocycles. The normalized spacial score (nSPS) is 15.9. The lowest BCUT2D eigenvalue weighted by Gasteiger charge is -2.17. The van der Waals surface area contributed by atoms with E-state index in [-0.39, 0.29) is 5.92 Å². The van der Waals surface area contributed by atoms with Crippen LogP contribution in [0.1, 0.15) is 34.0 Å². The molecule has 0 saturated heterocycles. The molecular formula is C54H37N3O. The average Bonchev–Trinajstić information content (AvgIpc) is 3.65. The highest BCUT2D eigenvalue weighted by Gasteiger charge is 2.30. The van der Waals surface area contributed by atoms with Crippen molar-refractivity contribution in [3.8, 4) is 50.8 Å². The van der Waals surface area contributed by atoms with E-state index in [4.69, 9.17) is 19.7 Å². The van der Waals surface area contributed by atoms with Gasteiger partial charge in [0.15, 0.2) is 17.5 Å². The molecule has 0 N–H and O–H groups in total. The van der Waals surface area contributed by atoms with Crippen LogP contribution >= 0.6 is 0 Å². The topological polar surface area (TPSA) is 47.9 Å². The first-order valence-electron chi connectivity index (χ1n) is 19.9. The molecule has 4 nitrogen and oxygen atoms in total. The first kappa shape index (κ1) is 33.9. The van der Waals surface area contributed by atoms with E-state index in [1.807, 2.05) is 72.8 Å². The van der Waals surface area contributed by atoms with Gasteiger partial charge in [-0.3, -0.25) is 0 Å². The third-order valence-electron chi connectivity index (χ3n) is 11.5. The number of allylic oxidation sites excluding steroid dienone is 3. The molecule has 1 unspecified atom stereocenters. The van der Waals surface area contributed by atoms with Gasteiger partial charge in [-0.2, -0.15) is 0 Å². The number of benzene rings is 8. The first-order chi connectivity index (χ1) is 28.7. The summed E-state index contributed by atoms with van der Waals surface area (Å²) in [6, 6.07) is 62.9. The molecule has 0 bridgehead atoms. The van der Waals surface area contributed by atoms with Gasteiger partial charge in [0.05, 0.1) is 0 Å². The van der Waals surface area contributed by atoms with Gasteiger partial charge in [-0.25, -0.2) is 15.0 Å². The second-order valence-electron chi connectivity index (χ2n) is 15.1. The van der Waals surface area contributed by atoms with E-state index in [9.17, 15) is 0 Å². The molecule has 0 radical (unpaired) electrons. The van der Waals surface area contributed by atoms with Crippen LogP contribution in [0.25, 0.3) is 72.1 Å². The fourth-order valence-corrected chi connectivity index (χ4v) is 8.64. The minimum Gasteiger partial charge on any atom is -0.489 e. The van der Waals surface area contributed by atoms with Gasteiger partial charge in [-0.15, -0.1) is 0 Å². The predicted molar refractivity (Wildman–Crippen MR) is 237 cm³/mol. The van der Waals surface area contributed by atoms with Crippen molar-refractivity contribution >= 4 is 27.1 Å². The Balaban J connectivity index is 0.948. The summed E-state index contributed by atoms with van der Waals surface area (Å²) in [5.74, 6) is 2.98. The number of rotatable bonds is 5. The van der Waals surface area contributed by atoms with E-state index in [1.54, 1.807) is 0 Å². The van der Waals surface area contributed by atoms with Crippen LogP contribution in [-0.4, -0.2) is 21.6 Å². The maximum Gasteiger partial charge on any atom is 0.164 e. The summed E-state index contributed by atoms with van der Waals surface area (Å²) >= 11 is 0. The maximum atomic E-state index is 6.44. The Morgan fingerprint density at radius 2 is 1.10 bits per heavy atom. The van der Waals surface area contributed by atoms with Crippen LogP contribution in [0.3, 0.4) is 0 Å². The van der Waals surface area contributed by atoms with Crippen molar-refractivity contribution in [2.75, 3.05) is 6.61 Å². The van der Waals surface area contributed by atoms with Gasteiger partial charge in [0.1, 0.15) is 12.4 Å². The fourth-order valence-electron chi connectivity index (χ4n) is 8.64. The predicted octanol–water partition coefficient (Wildman–Crippen LogP) is 12.9. The van der Waals surface area contributed by atoms with E-state index in [2.05, 4.69) is 121 Å². The van der Waals surface area contributed by atoms with E-state index in [1.165, 1.54) is 49.4 Å². The number of hydrogen-bond donors (Lipinski definition) is 0. The van der Waals surface area contributed by atoms with E-state index >= 15 is 0 Å². The molecular weight excluding hydrogens is 707 g/mol. The Hall–Kier alpha value is -7.43. The van der Waals surface area contributed by atoms with Crippen molar-refractivity contribution in [1.29, 1.82) is 0 Å². The zero-order valence-corrected chi connectivity index (χ0v) is 31.7. The Labute approximate surface area is 337 Å². The summed E-state index contributed by atoms with van der Waals surface area (Å²) < 4.78 is 6.44. The Morgan fingerprint density at radius 1 is 0.448 bits per heavy atom. The summed E-state index contributed by atoms with van der Waals surface area (Å²) in [5.41, 5.74) is 12.9. The number of fused-ring (bicyclic) bond motifs is 6. The number of ether oxygens (including phenoxy) is 1. The lowest BCUT2D eigenvalue weighted by Crippen LogP contribution is -2.05. The minimum atomic E-state index is 0.171. The second-order valence-corrected chi connectivity index (χ2v) is 15.1. The van der Waals surface area contributed by atoms with Crippen LogP contribution in [-0.2, 0) is 6.42 Å². The zero-order chi connectivity index (χ0) is 38.4. The standard InChI is InChI=1S/C54H37N3O/c1-3-13-36(14-4-1)52-55-53(37-15-5-2-6-16-37)57-54(56-52)44-19-11-12-28-58-50-34-41(25-26-42(50)30-44)40-24-22-35-23-27-43(31-45(35)29-40)51-47-21-10-9-20-46(47)48-32-38-17-7-8-18-39(38)33-49(48)51/h1-27,29,31-34,51H,28,30H2/b12-11-,44-19+. The van der Waals surface area contributed by atoms with E-state index < -0.39 is 0 Å². The van der Waals surface area contributed by atoms with Gasteiger partial charge >= 0.3 is 0 Å². The van der Waals surface area contributed by atoms with Crippen molar-refractivity contribution in [1.82, 2.24) is 15.0 Å². The Kier molecular flexibility index (Phi) is 8.32. The van der Waals surface area contributed by atoms with Crippen molar-refractivity contribution in [3.05, 3.63) is 222 Å². The molecule has 0 spiro atoms. The molecule has 0 saturated carbocycles. The van der Waals surface area contributed by atoms with Crippen LogP contribution in [0.5, 0.6) is 5.75 Å². The highest BCUT2D eigenvalue weighted by atomic mass is 16.5. The van der Waals surface area contributed by atoms with Crippen LogP contribution < -0.4 is 4.74 Å². The zero-order valence-electron chi connectivity index (χ0n) is 31.7. The fraction of sp³-hybridized carbons (Fsp3) is 0.0556. The van der Waals surface area contributed by atoms with Gasteiger partial charge in [0.25, 0.3) is 0 Å². The Morgan fingerprint density at radius 3 is 1.90 bits per heavy atom. The molecule has 2 aliphatic rings. The molecule has 1 aliphatic carbocycles. The van der Waals surface area contributed by atoms with Gasteiger partial charge in [-0.05, 0) is 96.4 Å². The van der Waals surface area contributed by atoms with E-state index in [0.717, 1.165) is 39.1 Å². The van der Waals surface area contributed by atoms with Crippen LogP contribution in [0.2, 0.25) is 0 Å². The molecule has 11 rings (SSSR count). The van der Waals surface area contributed by atoms with Crippen LogP contribution in [0, 0.1) is 0 Å². The summed E-state index contributed by atoms with van der Waals surface area (Å²) in [5, 5.41) is 4.99. The molecule has 1 aromatic heterocycles. The SMILES string of the molecule is C1=C\COc2cc(-c3ccc4ccc(C5c6ccccc6-c6cc7ccccc7cc65)cc4c3)ccc2C\C(c2nc(-c3ccccc3)nc(-c3ccccc3)n2)=C/1. The van der Waals surface area contributed by atoms with Crippen molar-refractivity contribution in [3.63, 3.8) is 0 Å². The van der Waals surface area contributed by atoms with Crippen molar-refractivity contribution in [2.45, 2.75) is 12.3 Å². The number of aromatic nitrogens is 3. The van der Waals surface area contributed by atoms with Crippen LogP contribution in [0.15, 0.2) is 194 Å². The molecule has 4 heteroatoms. The number of nitrogens with zero attached hydrogens (tertiary/aromatic N) is 3. The lowest BCUT2D eigenvalue weighted by molar-refractivity contribution is 0.360. The molecule has 0 fully saturated rings. The quantitative estimate of drug-likeness (QED) is 0.176. The first-order valence-corrected chi connectivity index (χ1v) is 19.9. The number of hydrogen-bond acceptors (Lipinski definition) is 4. The Bertz CT molecular complexity index is 3040. The monoisotopic (exact) mass is 743 g/mol. The van der Waals surface area contributed by atoms with Gasteiger partial charge in [-0.1, -0.05) is 164 Å². The highest BCUT2D eigenvalue weighted by Crippen LogP contribution is 2.49. The third kappa shape index (κ3) is 6.16. The van der Waals surface area contributed by atoms with E-state index in [0.29, 0.717) is 30.5 Å². The second kappa shape index (κ2) is 14.3. The highest BCUT2D eigenvalue weighted by molar-refractivity contribution is 5.94. The molecule has 1 atom stereocenters. The molecule has 2 heterocycles. The molecule has 1 aliphatic heterocycles. The summed E-state index contributed by atoms with van der Waals surface area (Å²) in [6.45, 7) is 0.461. The molecule has 274 valence electrons. The van der Waals surface area contributed by atoms with Crippen LogP contribution in [0.4, 0.5) is 0 Å².